The van der Waals surface area contributed by atoms with Gasteiger partial charge in [-0.15, -0.1) is 0 Å². The predicted molar refractivity (Wildman–Crippen MR) is 81.4 cm³/mol. The van der Waals surface area contributed by atoms with E-state index in [1.54, 1.807) is 0 Å². The Balaban J connectivity index is 3.16. The minimum absolute atomic E-state index is 0.0367. The summed E-state index contributed by atoms with van der Waals surface area (Å²) in [5.74, 6) is -1.90. The smallest absolute Gasteiger partial charge is 0.246 e. The lowest BCUT2D eigenvalue weighted by atomic mass is 10.2. The number of rotatable bonds is 7. The van der Waals surface area contributed by atoms with Gasteiger partial charge in [0.15, 0.2) is 0 Å². The van der Waals surface area contributed by atoms with Crippen LogP contribution >= 0.6 is 12.2 Å². The number of nitrogens with two attached hydrogens (primary N) is 1. The molecule has 118 valence electrons. The van der Waals surface area contributed by atoms with Crippen LogP contribution in [0.1, 0.15) is 20.3 Å². The first-order chi connectivity index (χ1) is 9.64. The molecule has 0 aromatic heterocycles. The Bertz CT molecular complexity index is 619. The third-order valence-electron chi connectivity index (χ3n) is 2.69. The van der Waals surface area contributed by atoms with Gasteiger partial charge >= 0.3 is 0 Å². The van der Waals surface area contributed by atoms with Gasteiger partial charge in [0.2, 0.25) is 10.0 Å². The summed E-state index contributed by atoms with van der Waals surface area (Å²) in [7, 11) is -4.06. The SMILES string of the molecule is CC(C)CN(CCC(N)=S)S(=O)(=O)c1ccc(F)cc1F. The van der Waals surface area contributed by atoms with E-state index in [1.807, 2.05) is 13.8 Å². The molecular formula is C13H18F2N2O2S2. The van der Waals surface area contributed by atoms with Crippen molar-refractivity contribution in [2.24, 2.45) is 11.7 Å². The first-order valence-corrected chi connectivity index (χ1v) is 8.23. The highest BCUT2D eigenvalue weighted by Gasteiger charge is 2.28. The fourth-order valence-corrected chi connectivity index (χ4v) is 3.52. The molecule has 0 unspecified atom stereocenters. The fraction of sp³-hybridized carbons (Fsp3) is 0.462. The quantitative estimate of drug-likeness (QED) is 0.776. The molecule has 0 radical (unpaired) electrons. The minimum atomic E-state index is -4.06. The first-order valence-electron chi connectivity index (χ1n) is 6.38. The number of hydrogen-bond acceptors (Lipinski definition) is 3. The van der Waals surface area contributed by atoms with Gasteiger partial charge < -0.3 is 5.73 Å². The molecular weight excluding hydrogens is 318 g/mol. The predicted octanol–water partition coefficient (Wildman–Crippen LogP) is 2.29. The van der Waals surface area contributed by atoms with E-state index in [-0.39, 0.29) is 30.4 Å². The van der Waals surface area contributed by atoms with Crippen molar-refractivity contribution in [2.45, 2.75) is 25.2 Å². The van der Waals surface area contributed by atoms with Crippen molar-refractivity contribution in [3.05, 3.63) is 29.8 Å². The van der Waals surface area contributed by atoms with Gasteiger partial charge in [-0.1, -0.05) is 26.1 Å². The van der Waals surface area contributed by atoms with E-state index in [1.165, 1.54) is 0 Å². The molecule has 8 heteroatoms. The summed E-state index contributed by atoms with van der Waals surface area (Å²) in [6.45, 7) is 3.93. The Morgan fingerprint density at radius 1 is 1.38 bits per heavy atom. The third kappa shape index (κ3) is 4.98. The van der Waals surface area contributed by atoms with Crippen LogP contribution in [0.5, 0.6) is 0 Å². The molecule has 2 N–H and O–H groups in total. The van der Waals surface area contributed by atoms with E-state index in [0.717, 1.165) is 16.4 Å². The standard InChI is InChI=1S/C13H18F2N2O2S2/c1-9(2)8-17(6-5-13(16)20)21(18,19)12-4-3-10(14)7-11(12)15/h3-4,7,9H,5-6,8H2,1-2H3,(H2,16,20). The Morgan fingerprint density at radius 2 is 2.00 bits per heavy atom. The highest BCUT2D eigenvalue weighted by atomic mass is 32.2. The highest BCUT2D eigenvalue weighted by molar-refractivity contribution is 7.89. The zero-order chi connectivity index (χ0) is 16.2. The maximum absolute atomic E-state index is 13.7. The number of benzene rings is 1. The number of sulfonamides is 1. The summed E-state index contributed by atoms with van der Waals surface area (Å²) >= 11 is 4.74. The number of nitrogens with zero attached hydrogens (tertiary/aromatic N) is 1. The zero-order valence-corrected chi connectivity index (χ0v) is 13.5. The molecule has 1 aromatic carbocycles. The van der Waals surface area contributed by atoms with Crippen LogP contribution in [-0.4, -0.2) is 30.8 Å². The molecule has 1 aromatic rings. The number of thiocarbonyl (C=S) groups is 1. The lowest BCUT2D eigenvalue weighted by molar-refractivity contribution is 0.372. The second-order valence-corrected chi connectivity index (χ2v) is 7.48. The minimum Gasteiger partial charge on any atom is -0.393 e. The summed E-state index contributed by atoms with van der Waals surface area (Å²) in [4.78, 5) is -0.369. The maximum Gasteiger partial charge on any atom is 0.246 e. The Morgan fingerprint density at radius 3 is 2.48 bits per heavy atom. The molecule has 0 heterocycles. The molecule has 0 aliphatic carbocycles. The molecule has 0 saturated heterocycles. The van der Waals surface area contributed by atoms with Crippen LogP contribution < -0.4 is 5.73 Å². The molecule has 1 rings (SSSR count). The van der Waals surface area contributed by atoms with E-state index >= 15 is 0 Å². The van der Waals surface area contributed by atoms with Gasteiger partial charge in [0, 0.05) is 25.6 Å². The van der Waals surface area contributed by atoms with Crippen LogP contribution in [0.25, 0.3) is 0 Å². The summed E-state index contributed by atoms with van der Waals surface area (Å²) in [6, 6.07) is 2.39. The summed E-state index contributed by atoms with van der Waals surface area (Å²) < 4.78 is 52.8. The normalized spacial score (nSPS) is 12.1. The van der Waals surface area contributed by atoms with E-state index in [0.29, 0.717) is 6.07 Å². The average molecular weight is 336 g/mol. The van der Waals surface area contributed by atoms with Crippen LogP contribution in [0.2, 0.25) is 0 Å². The first kappa shape index (κ1) is 17.9. The molecule has 0 aliphatic rings. The van der Waals surface area contributed by atoms with E-state index in [9.17, 15) is 17.2 Å². The van der Waals surface area contributed by atoms with Crippen molar-refractivity contribution in [1.82, 2.24) is 4.31 Å². The monoisotopic (exact) mass is 336 g/mol. The number of halogens is 2. The van der Waals surface area contributed by atoms with Crippen molar-refractivity contribution in [1.29, 1.82) is 0 Å². The van der Waals surface area contributed by atoms with Crippen LogP contribution in [-0.2, 0) is 10.0 Å². The molecule has 21 heavy (non-hydrogen) atoms. The molecule has 4 nitrogen and oxygen atoms in total. The van der Waals surface area contributed by atoms with Gasteiger partial charge in [0.25, 0.3) is 0 Å². The van der Waals surface area contributed by atoms with Gasteiger partial charge in [-0.05, 0) is 18.1 Å². The molecule has 0 fully saturated rings. The van der Waals surface area contributed by atoms with Gasteiger partial charge in [0.1, 0.15) is 16.5 Å². The van der Waals surface area contributed by atoms with Crippen LogP contribution in [0, 0.1) is 17.6 Å². The lowest BCUT2D eigenvalue weighted by Gasteiger charge is -2.24. The van der Waals surface area contributed by atoms with Gasteiger partial charge in [-0.3, -0.25) is 0 Å². The van der Waals surface area contributed by atoms with Crippen molar-refractivity contribution in [3.8, 4) is 0 Å². The molecule has 0 saturated carbocycles. The fourth-order valence-electron chi connectivity index (χ4n) is 1.78. The van der Waals surface area contributed by atoms with E-state index < -0.39 is 26.6 Å². The topological polar surface area (TPSA) is 63.4 Å². The van der Waals surface area contributed by atoms with E-state index in [2.05, 4.69) is 0 Å². The van der Waals surface area contributed by atoms with Crippen molar-refractivity contribution >= 4 is 27.2 Å². The molecule has 0 spiro atoms. The summed E-state index contributed by atoms with van der Waals surface area (Å²) in [6.07, 6.45) is 0.199. The van der Waals surface area contributed by atoms with Crippen molar-refractivity contribution in [3.63, 3.8) is 0 Å². The molecule has 0 atom stereocenters. The van der Waals surface area contributed by atoms with Crippen molar-refractivity contribution < 1.29 is 17.2 Å². The molecule has 0 aliphatic heterocycles. The van der Waals surface area contributed by atoms with Crippen LogP contribution in [0.15, 0.2) is 23.1 Å². The van der Waals surface area contributed by atoms with Crippen molar-refractivity contribution in [2.75, 3.05) is 13.1 Å². The summed E-state index contributed by atoms with van der Waals surface area (Å²) in [5.41, 5.74) is 5.39. The van der Waals surface area contributed by atoms with Gasteiger partial charge in [-0.25, -0.2) is 17.2 Å². The maximum atomic E-state index is 13.7. The zero-order valence-electron chi connectivity index (χ0n) is 11.8. The Kier molecular flexibility index (Phi) is 6.18. The number of hydrogen-bond donors (Lipinski definition) is 1. The van der Waals surface area contributed by atoms with E-state index in [4.69, 9.17) is 18.0 Å². The second-order valence-electron chi connectivity index (χ2n) is 5.05. The molecule has 0 amide bonds. The Hall–Kier alpha value is -1.12. The average Bonchev–Trinajstić information content (AvgIpc) is 2.33. The highest BCUT2D eigenvalue weighted by Crippen LogP contribution is 2.21. The van der Waals surface area contributed by atoms with Gasteiger partial charge in [0.05, 0.1) is 4.99 Å². The van der Waals surface area contributed by atoms with Gasteiger partial charge in [-0.2, -0.15) is 4.31 Å². The second kappa shape index (κ2) is 7.24. The lowest BCUT2D eigenvalue weighted by Crippen LogP contribution is -2.37. The third-order valence-corrected chi connectivity index (χ3v) is 4.79. The molecule has 0 bridgehead atoms. The largest absolute Gasteiger partial charge is 0.393 e. The Labute approximate surface area is 129 Å². The van der Waals surface area contributed by atoms with Crippen LogP contribution in [0.4, 0.5) is 8.78 Å². The summed E-state index contributed by atoms with van der Waals surface area (Å²) in [5, 5.41) is 0. The van der Waals surface area contributed by atoms with Crippen LogP contribution in [0.3, 0.4) is 0 Å².